The second kappa shape index (κ2) is 6.43. The van der Waals surface area contributed by atoms with Crippen LogP contribution in [0, 0.1) is 0 Å². The van der Waals surface area contributed by atoms with Crippen LogP contribution in [-0.2, 0) is 0 Å². The molecule has 0 aromatic heterocycles. The lowest BCUT2D eigenvalue weighted by Crippen LogP contribution is -2.00. The molecule has 88 valence electrons. The Balaban J connectivity index is 3.14. The SMILES string of the molecule is CCCOc1c(OC)cc(C=O)cc1SC. The Hall–Kier alpha value is -1.16. The Kier molecular flexibility index (Phi) is 5.19. The third kappa shape index (κ3) is 2.92. The zero-order valence-corrected chi connectivity index (χ0v) is 10.6. The third-order valence-electron chi connectivity index (χ3n) is 2.07. The van der Waals surface area contributed by atoms with Gasteiger partial charge in [0.15, 0.2) is 11.5 Å². The molecule has 0 aliphatic carbocycles. The molecule has 0 saturated carbocycles. The molecule has 0 radical (unpaired) electrons. The lowest BCUT2D eigenvalue weighted by Gasteiger charge is -2.14. The van der Waals surface area contributed by atoms with Crippen LogP contribution in [0.25, 0.3) is 0 Å². The van der Waals surface area contributed by atoms with Gasteiger partial charge in [-0.1, -0.05) is 6.92 Å². The van der Waals surface area contributed by atoms with E-state index in [0.29, 0.717) is 17.9 Å². The molecule has 1 aromatic rings. The van der Waals surface area contributed by atoms with Gasteiger partial charge in [0.2, 0.25) is 0 Å². The zero-order chi connectivity index (χ0) is 12.0. The lowest BCUT2D eigenvalue weighted by molar-refractivity contribution is 0.112. The summed E-state index contributed by atoms with van der Waals surface area (Å²) >= 11 is 1.54. The predicted octanol–water partition coefficient (Wildman–Crippen LogP) is 3.02. The Morgan fingerprint density at radius 1 is 1.44 bits per heavy atom. The summed E-state index contributed by atoms with van der Waals surface area (Å²) in [7, 11) is 1.58. The van der Waals surface area contributed by atoms with Crippen LogP contribution in [0.15, 0.2) is 17.0 Å². The molecular formula is C12H16O3S. The van der Waals surface area contributed by atoms with E-state index < -0.39 is 0 Å². The number of ether oxygens (including phenoxy) is 2. The first-order chi connectivity index (χ1) is 7.76. The molecule has 0 aliphatic heterocycles. The average Bonchev–Trinajstić information content (AvgIpc) is 2.35. The fourth-order valence-corrected chi connectivity index (χ4v) is 1.91. The molecule has 4 heteroatoms. The van der Waals surface area contributed by atoms with E-state index in [1.54, 1.807) is 24.9 Å². The van der Waals surface area contributed by atoms with E-state index in [9.17, 15) is 4.79 Å². The van der Waals surface area contributed by atoms with Crippen LogP contribution in [0.5, 0.6) is 11.5 Å². The van der Waals surface area contributed by atoms with E-state index in [4.69, 9.17) is 9.47 Å². The van der Waals surface area contributed by atoms with Crippen molar-refractivity contribution in [2.24, 2.45) is 0 Å². The number of aldehydes is 1. The average molecular weight is 240 g/mol. The van der Waals surface area contributed by atoms with E-state index in [2.05, 4.69) is 0 Å². The molecule has 0 aliphatic rings. The second-order valence-corrected chi connectivity index (χ2v) is 4.07. The fraction of sp³-hybridized carbons (Fsp3) is 0.417. The third-order valence-corrected chi connectivity index (χ3v) is 2.81. The van der Waals surface area contributed by atoms with Crippen LogP contribution < -0.4 is 9.47 Å². The molecule has 3 nitrogen and oxygen atoms in total. The molecule has 1 rings (SSSR count). The van der Waals surface area contributed by atoms with Gasteiger partial charge in [-0.3, -0.25) is 4.79 Å². The Bertz CT molecular complexity index is 338. The highest BCUT2D eigenvalue weighted by Gasteiger charge is 2.12. The first kappa shape index (κ1) is 12.9. The predicted molar refractivity (Wildman–Crippen MR) is 65.9 cm³/mol. The Labute approximate surface area is 100 Å². The van der Waals surface area contributed by atoms with E-state index in [1.807, 2.05) is 19.2 Å². The summed E-state index contributed by atoms with van der Waals surface area (Å²) in [4.78, 5) is 11.7. The number of hydrogen-bond donors (Lipinski definition) is 0. The lowest BCUT2D eigenvalue weighted by atomic mass is 10.2. The number of carbonyl (C=O) groups is 1. The van der Waals surface area contributed by atoms with Crippen molar-refractivity contribution in [2.45, 2.75) is 18.2 Å². The van der Waals surface area contributed by atoms with Gasteiger partial charge < -0.3 is 9.47 Å². The Morgan fingerprint density at radius 2 is 2.19 bits per heavy atom. The zero-order valence-electron chi connectivity index (χ0n) is 9.78. The monoisotopic (exact) mass is 240 g/mol. The summed E-state index contributed by atoms with van der Waals surface area (Å²) in [6, 6.07) is 3.50. The summed E-state index contributed by atoms with van der Waals surface area (Å²) in [6.45, 7) is 2.69. The van der Waals surface area contributed by atoms with Crippen molar-refractivity contribution in [1.82, 2.24) is 0 Å². The molecule has 0 fully saturated rings. The summed E-state index contributed by atoms with van der Waals surface area (Å²) < 4.78 is 10.9. The first-order valence-electron chi connectivity index (χ1n) is 5.10. The van der Waals surface area contributed by atoms with Crippen LogP contribution >= 0.6 is 11.8 Å². The topological polar surface area (TPSA) is 35.5 Å². The summed E-state index contributed by atoms with van der Waals surface area (Å²) in [5.74, 6) is 1.34. The quantitative estimate of drug-likeness (QED) is 0.565. The van der Waals surface area contributed by atoms with Crippen molar-refractivity contribution in [1.29, 1.82) is 0 Å². The van der Waals surface area contributed by atoms with Gasteiger partial charge in [-0.15, -0.1) is 11.8 Å². The van der Waals surface area contributed by atoms with Crippen LogP contribution in [0.3, 0.4) is 0 Å². The van der Waals surface area contributed by atoms with Crippen LogP contribution in [0.4, 0.5) is 0 Å². The number of benzene rings is 1. The fourth-order valence-electron chi connectivity index (χ4n) is 1.31. The number of carbonyl (C=O) groups excluding carboxylic acids is 1. The molecular weight excluding hydrogens is 224 g/mol. The summed E-state index contributed by atoms with van der Waals surface area (Å²) in [5.41, 5.74) is 0.602. The van der Waals surface area contributed by atoms with E-state index in [1.165, 1.54) is 0 Å². The van der Waals surface area contributed by atoms with Gasteiger partial charge in [0, 0.05) is 5.56 Å². The first-order valence-corrected chi connectivity index (χ1v) is 6.33. The van der Waals surface area contributed by atoms with Crippen molar-refractivity contribution >= 4 is 18.0 Å². The Morgan fingerprint density at radius 3 is 2.69 bits per heavy atom. The summed E-state index contributed by atoms with van der Waals surface area (Å²) in [5, 5.41) is 0. The maximum Gasteiger partial charge on any atom is 0.174 e. The minimum absolute atomic E-state index is 0.602. The van der Waals surface area contributed by atoms with E-state index in [-0.39, 0.29) is 0 Å². The van der Waals surface area contributed by atoms with Crippen LogP contribution in [-0.4, -0.2) is 26.3 Å². The number of rotatable bonds is 6. The van der Waals surface area contributed by atoms with Gasteiger partial charge in [0.1, 0.15) is 6.29 Å². The van der Waals surface area contributed by atoms with Crippen LogP contribution in [0.2, 0.25) is 0 Å². The van der Waals surface area contributed by atoms with Gasteiger partial charge >= 0.3 is 0 Å². The number of thioether (sulfide) groups is 1. The summed E-state index contributed by atoms with van der Waals surface area (Å²) in [6.07, 6.45) is 3.69. The minimum Gasteiger partial charge on any atom is -0.493 e. The van der Waals surface area contributed by atoms with Crippen LogP contribution in [0.1, 0.15) is 23.7 Å². The van der Waals surface area contributed by atoms with Gasteiger partial charge in [-0.05, 0) is 24.8 Å². The highest BCUT2D eigenvalue weighted by atomic mass is 32.2. The van der Waals surface area contributed by atoms with Gasteiger partial charge in [0.25, 0.3) is 0 Å². The molecule has 1 aromatic carbocycles. The molecule has 0 spiro atoms. The molecule has 0 saturated heterocycles. The minimum atomic E-state index is 0.602. The normalized spacial score (nSPS) is 9.94. The molecule has 0 bridgehead atoms. The van der Waals surface area contributed by atoms with Crippen molar-refractivity contribution in [2.75, 3.05) is 20.0 Å². The van der Waals surface area contributed by atoms with Crippen molar-refractivity contribution in [3.05, 3.63) is 17.7 Å². The van der Waals surface area contributed by atoms with Gasteiger partial charge in [0.05, 0.1) is 18.6 Å². The molecule has 0 amide bonds. The molecule has 0 heterocycles. The number of methoxy groups -OCH3 is 1. The maximum atomic E-state index is 10.8. The largest absolute Gasteiger partial charge is 0.493 e. The highest BCUT2D eigenvalue weighted by Crippen LogP contribution is 2.37. The molecule has 16 heavy (non-hydrogen) atoms. The smallest absolute Gasteiger partial charge is 0.174 e. The van der Waals surface area contributed by atoms with Crippen molar-refractivity contribution < 1.29 is 14.3 Å². The molecule has 0 N–H and O–H groups in total. The molecule has 0 unspecified atom stereocenters. The van der Waals surface area contributed by atoms with E-state index in [0.717, 1.165) is 23.4 Å². The van der Waals surface area contributed by atoms with Gasteiger partial charge in [-0.25, -0.2) is 0 Å². The highest BCUT2D eigenvalue weighted by molar-refractivity contribution is 7.98. The van der Waals surface area contributed by atoms with Crippen molar-refractivity contribution in [3.63, 3.8) is 0 Å². The maximum absolute atomic E-state index is 10.8. The van der Waals surface area contributed by atoms with Gasteiger partial charge in [-0.2, -0.15) is 0 Å². The van der Waals surface area contributed by atoms with E-state index >= 15 is 0 Å². The standard InChI is InChI=1S/C12H16O3S/c1-4-5-15-12-10(14-2)6-9(8-13)7-11(12)16-3/h6-8H,4-5H2,1-3H3. The second-order valence-electron chi connectivity index (χ2n) is 3.22. The van der Waals surface area contributed by atoms with Crippen molar-refractivity contribution in [3.8, 4) is 11.5 Å². The number of hydrogen-bond acceptors (Lipinski definition) is 4. The molecule has 0 atom stereocenters.